The van der Waals surface area contributed by atoms with Gasteiger partial charge in [0.1, 0.15) is 17.5 Å². The fraction of sp³-hybridized carbons (Fsp3) is 0.111. The fourth-order valence-corrected chi connectivity index (χ4v) is 8.42. The molecule has 0 spiro atoms. The molecule has 0 saturated heterocycles. The second kappa shape index (κ2) is 9.49. The zero-order chi connectivity index (χ0) is 21.7. The van der Waals surface area contributed by atoms with Gasteiger partial charge in [0.05, 0.1) is 31.1 Å². The van der Waals surface area contributed by atoms with Crippen LogP contribution in [0.3, 0.4) is 0 Å². The van der Waals surface area contributed by atoms with Gasteiger partial charge in [-0.05, 0) is 65.2 Å². The molecule has 0 aliphatic heterocycles. The van der Waals surface area contributed by atoms with Crippen LogP contribution in [-0.4, -0.2) is 0 Å². The first-order chi connectivity index (χ1) is 15.0. The molecule has 0 aliphatic carbocycles. The summed E-state index contributed by atoms with van der Waals surface area (Å²) in [6, 6.07) is 30.3. The van der Waals surface area contributed by atoms with Gasteiger partial charge in [0, 0.05) is 0 Å². The van der Waals surface area contributed by atoms with E-state index in [1.807, 2.05) is 54.6 Å². The molecule has 0 fully saturated rings. The SMILES string of the molecule is Fc1ccc(C[P+](Cc2ccc(F)cc2)(Cc2ccc(F)cc2)c2ccccc2)cc1. The van der Waals surface area contributed by atoms with E-state index in [2.05, 4.69) is 12.1 Å². The van der Waals surface area contributed by atoms with Gasteiger partial charge >= 0.3 is 0 Å². The van der Waals surface area contributed by atoms with E-state index in [0.717, 1.165) is 35.2 Å². The molecule has 0 heterocycles. The first-order valence-electron chi connectivity index (χ1n) is 10.2. The molecule has 0 N–H and O–H groups in total. The van der Waals surface area contributed by atoms with Crippen molar-refractivity contribution in [1.82, 2.24) is 0 Å². The van der Waals surface area contributed by atoms with Crippen molar-refractivity contribution >= 4 is 12.6 Å². The van der Waals surface area contributed by atoms with Crippen LogP contribution in [0.5, 0.6) is 0 Å². The smallest absolute Gasteiger partial charge is 0.123 e. The van der Waals surface area contributed by atoms with Crippen molar-refractivity contribution in [3.05, 3.63) is 137 Å². The van der Waals surface area contributed by atoms with Gasteiger partial charge in [-0.25, -0.2) is 13.2 Å². The zero-order valence-electron chi connectivity index (χ0n) is 17.0. The highest BCUT2D eigenvalue weighted by Gasteiger charge is 2.41. The third kappa shape index (κ3) is 5.42. The van der Waals surface area contributed by atoms with Crippen LogP contribution in [0.15, 0.2) is 103 Å². The molecule has 0 unspecified atom stereocenters. The van der Waals surface area contributed by atoms with E-state index in [1.54, 1.807) is 0 Å². The highest BCUT2D eigenvalue weighted by molar-refractivity contribution is 7.80. The van der Waals surface area contributed by atoms with E-state index in [-0.39, 0.29) is 17.5 Å². The Labute approximate surface area is 181 Å². The summed E-state index contributed by atoms with van der Waals surface area (Å²) < 4.78 is 40.6. The largest absolute Gasteiger partial charge is 0.207 e. The van der Waals surface area contributed by atoms with Gasteiger partial charge in [0.25, 0.3) is 0 Å². The van der Waals surface area contributed by atoms with E-state index in [1.165, 1.54) is 41.7 Å². The van der Waals surface area contributed by atoms with Crippen LogP contribution in [-0.2, 0) is 18.5 Å². The minimum Gasteiger partial charge on any atom is -0.207 e. The lowest BCUT2D eigenvalue weighted by Gasteiger charge is -2.28. The first kappa shape index (κ1) is 21.3. The van der Waals surface area contributed by atoms with Crippen LogP contribution in [0.1, 0.15) is 16.7 Å². The molecule has 0 amide bonds. The molecule has 0 bridgehead atoms. The molecule has 0 aliphatic rings. The fourth-order valence-electron chi connectivity index (χ4n) is 4.00. The number of halogens is 3. The van der Waals surface area contributed by atoms with Gasteiger partial charge in [-0.2, -0.15) is 0 Å². The van der Waals surface area contributed by atoms with Gasteiger partial charge < -0.3 is 0 Å². The summed E-state index contributed by atoms with van der Waals surface area (Å²) in [6.45, 7) is 0. The molecule has 0 aromatic heterocycles. The first-order valence-corrected chi connectivity index (χ1v) is 12.5. The Hall–Kier alpha value is -2.90. The summed E-state index contributed by atoms with van der Waals surface area (Å²) in [6.07, 6.45) is 2.31. The number of benzene rings is 4. The Balaban J connectivity index is 1.82. The van der Waals surface area contributed by atoms with E-state index in [0.29, 0.717) is 0 Å². The van der Waals surface area contributed by atoms with E-state index in [4.69, 9.17) is 0 Å². The highest BCUT2D eigenvalue weighted by Crippen LogP contribution is 2.65. The Morgan fingerprint density at radius 3 is 1.06 bits per heavy atom. The normalized spacial score (nSPS) is 11.5. The van der Waals surface area contributed by atoms with Crippen molar-refractivity contribution < 1.29 is 13.2 Å². The van der Waals surface area contributed by atoms with Gasteiger partial charge in [-0.1, -0.05) is 54.6 Å². The molecule has 4 rings (SSSR count). The Bertz CT molecular complexity index is 990. The van der Waals surface area contributed by atoms with E-state index in [9.17, 15) is 13.2 Å². The average molecular weight is 435 g/mol. The minimum absolute atomic E-state index is 0.260. The number of rotatable bonds is 7. The van der Waals surface area contributed by atoms with Crippen molar-refractivity contribution in [3.8, 4) is 0 Å². The van der Waals surface area contributed by atoms with Crippen LogP contribution in [0.25, 0.3) is 0 Å². The minimum atomic E-state index is -1.93. The summed E-state index contributed by atoms with van der Waals surface area (Å²) in [5.74, 6) is -0.779. The van der Waals surface area contributed by atoms with Crippen molar-refractivity contribution in [1.29, 1.82) is 0 Å². The summed E-state index contributed by atoms with van der Waals surface area (Å²) in [5.41, 5.74) is 3.17. The molecule has 0 radical (unpaired) electrons. The lowest BCUT2D eigenvalue weighted by atomic mass is 10.2. The van der Waals surface area contributed by atoms with Crippen LogP contribution in [0.4, 0.5) is 13.2 Å². The molecule has 4 aromatic carbocycles. The van der Waals surface area contributed by atoms with Crippen LogP contribution < -0.4 is 5.30 Å². The Kier molecular flexibility index (Phi) is 6.53. The van der Waals surface area contributed by atoms with Gasteiger partial charge in [-0.3, -0.25) is 0 Å². The van der Waals surface area contributed by atoms with Crippen molar-refractivity contribution in [2.24, 2.45) is 0 Å². The molecule has 4 aromatic rings. The lowest BCUT2D eigenvalue weighted by Crippen LogP contribution is -2.18. The standard InChI is InChI=1S/C27H23F3P/c28-24-12-6-21(7-13-24)18-31(27-4-2-1-3-5-27,19-22-8-14-25(29)15-9-22)20-23-10-16-26(30)17-11-23/h1-17H,18-20H2/q+1. The van der Waals surface area contributed by atoms with E-state index < -0.39 is 7.26 Å². The van der Waals surface area contributed by atoms with Crippen LogP contribution >= 0.6 is 7.26 Å². The van der Waals surface area contributed by atoms with Crippen LogP contribution in [0, 0.1) is 17.5 Å². The molecule has 0 saturated carbocycles. The molecule has 4 heteroatoms. The second-order valence-electron chi connectivity index (χ2n) is 7.83. The maximum atomic E-state index is 13.5. The third-order valence-corrected chi connectivity index (χ3v) is 9.80. The van der Waals surface area contributed by atoms with E-state index >= 15 is 0 Å². The van der Waals surface area contributed by atoms with Crippen molar-refractivity contribution in [2.45, 2.75) is 18.5 Å². The number of hydrogen-bond donors (Lipinski definition) is 0. The number of hydrogen-bond acceptors (Lipinski definition) is 0. The summed E-state index contributed by atoms with van der Waals surface area (Å²) in [7, 11) is -1.93. The summed E-state index contributed by atoms with van der Waals surface area (Å²) in [4.78, 5) is 0. The Morgan fingerprint density at radius 2 is 0.742 bits per heavy atom. The Morgan fingerprint density at radius 1 is 0.419 bits per heavy atom. The van der Waals surface area contributed by atoms with Gasteiger partial charge in [0.15, 0.2) is 0 Å². The quantitative estimate of drug-likeness (QED) is 0.266. The second-order valence-corrected chi connectivity index (χ2v) is 11.6. The average Bonchev–Trinajstić information content (AvgIpc) is 2.79. The topological polar surface area (TPSA) is 0 Å². The molecular formula is C27H23F3P+. The molecule has 0 atom stereocenters. The van der Waals surface area contributed by atoms with Crippen molar-refractivity contribution in [2.75, 3.05) is 0 Å². The molecule has 156 valence electrons. The molecule has 31 heavy (non-hydrogen) atoms. The maximum absolute atomic E-state index is 13.5. The predicted molar refractivity (Wildman–Crippen MR) is 123 cm³/mol. The third-order valence-electron chi connectivity index (χ3n) is 5.50. The predicted octanol–water partition coefficient (Wildman–Crippen LogP) is 7.35. The summed E-state index contributed by atoms with van der Waals surface area (Å²) in [5, 5.41) is 1.24. The van der Waals surface area contributed by atoms with Gasteiger partial charge in [-0.15, -0.1) is 0 Å². The van der Waals surface area contributed by atoms with Gasteiger partial charge in [0.2, 0.25) is 0 Å². The van der Waals surface area contributed by atoms with Crippen molar-refractivity contribution in [3.63, 3.8) is 0 Å². The van der Waals surface area contributed by atoms with Crippen LogP contribution in [0.2, 0.25) is 0 Å². The zero-order valence-corrected chi connectivity index (χ0v) is 17.9. The summed E-state index contributed by atoms with van der Waals surface area (Å²) >= 11 is 0. The molecule has 0 nitrogen and oxygen atoms in total. The highest BCUT2D eigenvalue weighted by atomic mass is 31.2. The molecular weight excluding hydrogens is 412 g/mol. The monoisotopic (exact) mass is 435 g/mol. The lowest BCUT2D eigenvalue weighted by molar-refractivity contribution is 0.627. The maximum Gasteiger partial charge on any atom is 0.123 e.